The first-order valence-electron chi connectivity index (χ1n) is 6.53. The van der Waals surface area contributed by atoms with E-state index in [2.05, 4.69) is 4.90 Å². The summed E-state index contributed by atoms with van der Waals surface area (Å²) in [6.45, 7) is 2.61. The van der Waals surface area contributed by atoms with E-state index in [1.54, 1.807) is 26.1 Å². The van der Waals surface area contributed by atoms with E-state index in [0.717, 1.165) is 12.1 Å². The smallest absolute Gasteiger partial charge is 0.308 e. The summed E-state index contributed by atoms with van der Waals surface area (Å²) in [4.78, 5) is 26.5. The fourth-order valence-electron chi connectivity index (χ4n) is 1.91. The van der Waals surface area contributed by atoms with Crippen LogP contribution >= 0.6 is 0 Å². The van der Waals surface area contributed by atoms with Crippen molar-refractivity contribution in [3.8, 4) is 0 Å². The molecule has 0 saturated carbocycles. The molecular weight excluding hydrogens is 256 g/mol. The van der Waals surface area contributed by atoms with Crippen LogP contribution in [0, 0.1) is 5.92 Å². The first-order valence-corrected chi connectivity index (χ1v) is 6.53. The first-order chi connectivity index (χ1) is 9.31. The van der Waals surface area contributed by atoms with E-state index < -0.39 is 11.9 Å². The molecule has 1 aromatic carbocycles. The highest BCUT2D eigenvalue weighted by Crippen LogP contribution is 2.09. The van der Waals surface area contributed by atoms with Gasteiger partial charge in [0.25, 0.3) is 5.91 Å². The number of nitrogens with zero attached hydrogens (tertiary/aromatic N) is 2. The van der Waals surface area contributed by atoms with E-state index in [9.17, 15) is 9.59 Å². The SMILES string of the molecule is CC(CN(C)C(=O)c1ccc(CN(C)C)cc1)C(=O)O. The summed E-state index contributed by atoms with van der Waals surface area (Å²) in [5.41, 5.74) is 1.71. The van der Waals surface area contributed by atoms with Crippen LogP contribution in [0.25, 0.3) is 0 Å². The van der Waals surface area contributed by atoms with Gasteiger partial charge in [0.15, 0.2) is 0 Å². The van der Waals surface area contributed by atoms with Crippen molar-refractivity contribution in [2.45, 2.75) is 13.5 Å². The van der Waals surface area contributed by atoms with Gasteiger partial charge in [0.05, 0.1) is 5.92 Å². The van der Waals surface area contributed by atoms with E-state index in [1.807, 2.05) is 26.2 Å². The number of carbonyl (C=O) groups excluding carboxylic acids is 1. The molecule has 1 unspecified atom stereocenters. The fraction of sp³-hybridized carbons (Fsp3) is 0.467. The largest absolute Gasteiger partial charge is 0.481 e. The summed E-state index contributed by atoms with van der Waals surface area (Å²) in [7, 11) is 5.59. The van der Waals surface area contributed by atoms with Crippen LogP contribution in [-0.2, 0) is 11.3 Å². The number of rotatable bonds is 6. The zero-order valence-corrected chi connectivity index (χ0v) is 12.5. The minimum absolute atomic E-state index is 0.158. The molecule has 1 aromatic rings. The lowest BCUT2D eigenvalue weighted by atomic mass is 10.1. The Kier molecular flexibility index (Phi) is 5.70. The van der Waals surface area contributed by atoms with Gasteiger partial charge in [-0.15, -0.1) is 0 Å². The maximum Gasteiger partial charge on any atom is 0.308 e. The molecule has 110 valence electrons. The van der Waals surface area contributed by atoms with Crippen LogP contribution in [0.5, 0.6) is 0 Å². The van der Waals surface area contributed by atoms with Gasteiger partial charge >= 0.3 is 5.97 Å². The third-order valence-electron chi connectivity index (χ3n) is 3.02. The van der Waals surface area contributed by atoms with Crippen molar-refractivity contribution in [1.82, 2.24) is 9.80 Å². The molecule has 0 fully saturated rings. The highest BCUT2D eigenvalue weighted by molar-refractivity contribution is 5.94. The summed E-state index contributed by atoms with van der Waals surface area (Å²) in [5, 5.41) is 8.86. The van der Waals surface area contributed by atoms with Gasteiger partial charge in [0, 0.05) is 25.7 Å². The number of carbonyl (C=O) groups is 2. The van der Waals surface area contributed by atoms with Crippen molar-refractivity contribution in [3.63, 3.8) is 0 Å². The second-order valence-corrected chi connectivity index (χ2v) is 5.36. The Labute approximate surface area is 119 Å². The third-order valence-corrected chi connectivity index (χ3v) is 3.02. The zero-order valence-electron chi connectivity index (χ0n) is 12.5. The summed E-state index contributed by atoms with van der Waals surface area (Å²) in [6, 6.07) is 7.40. The van der Waals surface area contributed by atoms with Crippen LogP contribution in [0.4, 0.5) is 0 Å². The molecule has 0 spiro atoms. The van der Waals surface area contributed by atoms with Crippen LogP contribution in [0.2, 0.25) is 0 Å². The van der Waals surface area contributed by atoms with Crippen molar-refractivity contribution in [2.75, 3.05) is 27.7 Å². The quantitative estimate of drug-likeness (QED) is 0.857. The number of carboxylic acid groups (broad SMARTS) is 1. The highest BCUT2D eigenvalue weighted by Gasteiger charge is 2.18. The van der Waals surface area contributed by atoms with Crippen LogP contribution < -0.4 is 0 Å². The van der Waals surface area contributed by atoms with Gasteiger partial charge in [-0.25, -0.2) is 0 Å². The number of amides is 1. The van der Waals surface area contributed by atoms with Gasteiger partial charge in [0.2, 0.25) is 0 Å². The van der Waals surface area contributed by atoms with Crippen LogP contribution in [0.15, 0.2) is 24.3 Å². The molecule has 0 bridgehead atoms. The Balaban J connectivity index is 2.69. The van der Waals surface area contributed by atoms with E-state index in [1.165, 1.54) is 4.90 Å². The lowest BCUT2D eigenvalue weighted by Gasteiger charge is -2.19. The van der Waals surface area contributed by atoms with Crippen molar-refractivity contribution in [1.29, 1.82) is 0 Å². The minimum Gasteiger partial charge on any atom is -0.481 e. The minimum atomic E-state index is -0.897. The highest BCUT2D eigenvalue weighted by atomic mass is 16.4. The Morgan fingerprint density at radius 3 is 2.15 bits per heavy atom. The average molecular weight is 278 g/mol. The molecule has 0 aliphatic carbocycles. The van der Waals surface area contributed by atoms with Crippen molar-refractivity contribution >= 4 is 11.9 Å². The third kappa shape index (κ3) is 4.66. The fourth-order valence-corrected chi connectivity index (χ4v) is 1.91. The van der Waals surface area contributed by atoms with Crippen molar-refractivity contribution < 1.29 is 14.7 Å². The molecule has 1 rings (SSSR count). The number of hydrogen-bond acceptors (Lipinski definition) is 3. The van der Waals surface area contributed by atoms with Crippen molar-refractivity contribution in [2.24, 2.45) is 5.92 Å². The summed E-state index contributed by atoms with van der Waals surface area (Å²) >= 11 is 0. The molecule has 0 heterocycles. The van der Waals surface area contributed by atoms with Crippen molar-refractivity contribution in [3.05, 3.63) is 35.4 Å². The first kappa shape index (κ1) is 16.2. The molecular formula is C15H22N2O3. The molecule has 5 heteroatoms. The molecule has 1 amide bonds. The normalized spacial score (nSPS) is 12.2. The second-order valence-electron chi connectivity index (χ2n) is 5.36. The number of aliphatic carboxylic acids is 1. The Morgan fingerprint density at radius 2 is 1.70 bits per heavy atom. The van der Waals surface area contributed by atoms with E-state index in [-0.39, 0.29) is 12.5 Å². The predicted octanol–water partition coefficient (Wildman–Crippen LogP) is 1.54. The molecule has 0 aliphatic rings. The lowest BCUT2D eigenvalue weighted by Crippen LogP contribution is -2.33. The average Bonchev–Trinajstić information content (AvgIpc) is 2.37. The van der Waals surface area contributed by atoms with Crippen LogP contribution in [0.3, 0.4) is 0 Å². The molecule has 0 aromatic heterocycles. The molecule has 0 radical (unpaired) electrons. The molecule has 1 N–H and O–H groups in total. The van der Waals surface area contributed by atoms with E-state index in [0.29, 0.717) is 5.56 Å². The maximum absolute atomic E-state index is 12.2. The lowest BCUT2D eigenvalue weighted by molar-refractivity contribution is -0.141. The van der Waals surface area contributed by atoms with Crippen LogP contribution in [-0.4, -0.2) is 54.5 Å². The Morgan fingerprint density at radius 1 is 1.15 bits per heavy atom. The second kappa shape index (κ2) is 7.05. The molecule has 0 aliphatic heterocycles. The number of carboxylic acids is 1. The summed E-state index contributed by atoms with van der Waals surface area (Å²) < 4.78 is 0. The predicted molar refractivity (Wildman–Crippen MR) is 77.6 cm³/mol. The number of benzene rings is 1. The molecule has 1 atom stereocenters. The topological polar surface area (TPSA) is 60.9 Å². The van der Waals surface area contributed by atoms with Crippen LogP contribution in [0.1, 0.15) is 22.8 Å². The van der Waals surface area contributed by atoms with Gasteiger partial charge in [-0.3, -0.25) is 9.59 Å². The zero-order chi connectivity index (χ0) is 15.3. The Hall–Kier alpha value is -1.88. The Bertz CT molecular complexity index is 469. The van der Waals surface area contributed by atoms with E-state index in [4.69, 9.17) is 5.11 Å². The monoisotopic (exact) mass is 278 g/mol. The van der Waals surface area contributed by atoms with Gasteiger partial charge in [0.1, 0.15) is 0 Å². The summed E-state index contributed by atoms with van der Waals surface area (Å²) in [6.07, 6.45) is 0. The summed E-state index contributed by atoms with van der Waals surface area (Å²) in [5.74, 6) is -1.63. The van der Waals surface area contributed by atoms with Gasteiger partial charge in [-0.1, -0.05) is 19.1 Å². The van der Waals surface area contributed by atoms with Gasteiger partial charge in [-0.05, 0) is 31.8 Å². The van der Waals surface area contributed by atoms with Gasteiger partial charge < -0.3 is 14.9 Å². The standard InChI is InChI=1S/C15H22N2O3/c1-11(15(19)20)9-17(4)14(18)13-7-5-12(6-8-13)10-16(2)3/h5-8,11H,9-10H2,1-4H3,(H,19,20). The molecule has 0 saturated heterocycles. The van der Waals surface area contributed by atoms with E-state index >= 15 is 0 Å². The maximum atomic E-state index is 12.2. The molecule has 5 nitrogen and oxygen atoms in total. The number of hydrogen-bond donors (Lipinski definition) is 1. The van der Waals surface area contributed by atoms with Gasteiger partial charge in [-0.2, -0.15) is 0 Å². The molecule has 20 heavy (non-hydrogen) atoms.